The fourth-order valence-corrected chi connectivity index (χ4v) is 2.47. The van der Waals surface area contributed by atoms with Crippen LogP contribution in [0.3, 0.4) is 0 Å². The summed E-state index contributed by atoms with van der Waals surface area (Å²) in [6, 6.07) is 10.5. The van der Waals surface area contributed by atoms with Crippen LogP contribution in [0.15, 0.2) is 45.6 Å². The molecule has 0 aliphatic heterocycles. The Labute approximate surface area is 137 Å². The van der Waals surface area contributed by atoms with Gasteiger partial charge >= 0.3 is 5.63 Å². The van der Waals surface area contributed by atoms with Crippen LogP contribution < -0.4 is 5.63 Å². The highest BCUT2D eigenvalue weighted by atomic mass is 35.5. The molecule has 4 nitrogen and oxygen atoms in total. The number of aliphatic hydroxyl groups excluding tert-OH is 1. The van der Waals surface area contributed by atoms with E-state index in [9.17, 15) is 9.90 Å². The molecule has 1 aromatic heterocycles. The van der Waals surface area contributed by atoms with Gasteiger partial charge in [-0.1, -0.05) is 29.3 Å². The van der Waals surface area contributed by atoms with Gasteiger partial charge in [0.25, 0.3) is 0 Å². The van der Waals surface area contributed by atoms with Crippen molar-refractivity contribution >= 4 is 34.5 Å². The lowest BCUT2D eigenvalue weighted by atomic mass is 10.0. The molecule has 1 heterocycles. The van der Waals surface area contributed by atoms with E-state index in [4.69, 9.17) is 16.0 Å². The van der Waals surface area contributed by atoms with Gasteiger partial charge in [-0.2, -0.15) is 0 Å². The predicted molar refractivity (Wildman–Crippen MR) is 91.7 cm³/mol. The molecule has 0 fully saturated rings. The summed E-state index contributed by atoms with van der Waals surface area (Å²) in [5, 5.41) is 10.8. The van der Waals surface area contributed by atoms with Crippen LogP contribution >= 0.6 is 11.6 Å². The van der Waals surface area contributed by atoms with Crippen LogP contribution in [0.5, 0.6) is 0 Å². The van der Waals surface area contributed by atoms with E-state index in [1.54, 1.807) is 18.2 Å². The third-order valence-corrected chi connectivity index (χ3v) is 3.75. The van der Waals surface area contributed by atoms with Crippen molar-refractivity contribution in [3.05, 3.63) is 74.2 Å². The van der Waals surface area contributed by atoms with Crippen molar-refractivity contribution < 1.29 is 9.52 Å². The minimum atomic E-state index is -0.614. The Bertz CT molecular complexity index is 989. The van der Waals surface area contributed by atoms with E-state index in [-0.39, 0.29) is 11.5 Å². The minimum Gasteiger partial charge on any atom is -0.507 e. The summed E-state index contributed by atoms with van der Waals surface area (Å²) in [4.78, 5) is 16.2. The van der Waals surface area contributed by atoms with Gasteiger partial charge < -0.3 is 9.52 Å². The molecule has 0 radical (unpaired) electrons. The van der Waals surface area contributed by atoms with Gasteiger partial charge in [0.15, 0.2) is 11.3 Å². The number of fused-ring (bicyclic) bond motifs is 1. The third-order valence-electron chi connectivity index (χ3n) is 3.52. The number of benzene rings is 2. The van der Waals surface area contributed by atoms with Gasteiger partial charge in [0.05, 0.1) is 0 Å². The highest BCUT2D eigenvalue weighted by Crippen LogP contribution is 2.21. The molecule has 3 rings (SSSR count). The highest BCUT2D eigenvalue weighted by Gasteiger charge is 2.09. The molecule has 0 aliphatic carbocycles. The van der Waals surface area contributed by atoms with Crippen LogP contribution in [0.25, 0.3) is 22.9 Å². The minimum absolute atomic E-state index is 0.0261. The van der Waals surface area contributed by atoms with Crippen LogP contribution in [0.4, 0.5) is 0 Å². The molecular weight excluding hydrogens is 314 g/mol. The average molecular weight is 328 g/mol. The summed E-state index contributed by atoms with van der Waals surface area (Å²) in [6.07, 6.45) is 1.31. The Kier molecular flexibility index (Phi) is 3.92. The van der Waals surface area contributed by atoms with Crippen LogP contribution in [-0.4, -0.2) is 10.1 Å². The topological polar surface area (TPSA) is 63.3 Å². The Hall–Kier alpha value is -2.59. The summed E-state index contributed by atoms with van der Waals surface area (Å²) in [6.45, 7) is 3.82. The van der Waals surface area contributed by atoms with E-state index in [1.165, 1.54) is 6.08 Å². The standard InChI is InChI=1S/C18H14ClNO3/c1-10-3-4-11(2)13(7-10)16(21)9-15-18(22)23-17-6-5-12(19)8-14(17)20-15/h3-9,21H,1-2H3/b16-9-. The van der Waals surface area contributed by atoms with Crippen LogP contribution in [-0.2, 0) is 0 Å². The van der Waals surface area contributed by atoms with Crippen LogP contribution in [0, 0.1) is 13.8 Å². The molecule has 1 N–H and O–H groups in total. The fraction of sp³-hybridized carbons (Fsp3) is 0.111. The molecule has 23 heavy (non-hydrogen) atoms. The maximum absolute atomic E-state index is 12.0. The molecular formula is C18H14ClNO3. The summed E-state index contributed by atoms with van der Waals surface area (Å²) < 4.78 is 5.21. The Morgan fingerprint density at radius 2 is 2.00 bits per heavy atom. The van der Waals surface area contributed by atoms with Gasteiger partial charge in [0.1, 0.15) is 11.3 Å². The molecule has 0 saturated carbocycles. The molecule has 0 amide bonds. The SMILES string of the molecule is Cc1ccc(C)c(/C(O)=C/c2nc3cc(Cl)ccc3oc2=O)c1. The van der Waals surface area contributed by atoms with E-state index in [1.807, 2.05) is 32.0 Å². The summed E-state index contributed by atoms with van der Waals surface area (Å²) >= 11 is 5.93. The number of halogens is 1. The van der Waals surface area contributed by atoms with Gasteiger partial charge in [-0.25, -0.2) is 9.78 Å². The summed E-state index contributed by atoms with van der Waals surface area (Å²) in [5.41, 5.74) is 2.78. The number of aromatic nitrogens is 1. The third kappa shape index (κ3) is 3.12. The van der Waals surface area contributed by atoms with Gasteiger partial charge in [0.2, 0.25) is 0 Å². The monoisotopic (exact) mass is 327 g/mol. The van der Waals surface area contributed by atoms with E-state index in [2.05, 4.69) is 4.98 Å². The second kappa shape index (κ2) is 5.89. The van der Waals surface area contributed by atoms with Crippen molar-refractivity contribution in [2.75, 3.05) is 0 Å². The molecule has 0 spiro atoms. The Balaban J connectivity index is 2.14. The average Bonchev–Trinajstić information content (AvgIpc) is 2.50. The van der Waals surface area contributed by atoms with Gasteiger partial charge in [-0.3, -0.25) is 0 Å². The zero-order valence-corrected chi connectivity index (χ0v) is 13.4. The van der Waals surface area contributed by atoms with E-state index in [0.29, 0.717) is 21.7 Å². The zero-order chi connectivity index (χ0) is 16.6. The maximum atomic E-state index is 12.0. The molecule has 3 aromatic rings. The van der Waals surface area contributed by atoms with Crippen molar-refractivity contribution in [2.45, 2.75) is 13.8 Å². The van der Waals surface area contributed by atoms with Crippen molar-refractivity contribution in [1.29, 1.82) is 0 Å². The van der Waals surface area contributed by atoms with Gasteiger partial charge in [0, 0.05) is 16.7 Å². The molecule has 116 valence electrons. The lowest BCUT2D eigenvalue weighted by Gasteiger charge is -2.06. The number of nitrogens with zero attached hydrogens (tertiary/aromatic N) is 1. The van der Waals surface area contributed by atoms with Crippen LogP contribution in [0.2, 0.25) is 5.02 Å². The van der Waals surface area contributed by atoms with E-state index < -0.39 is 5.63 Å². The predicted octanol–water partition coefficient (Wildman–Crippen LogP) is 4.51. The highest BCUT2D eigenvalue weighted by molar-refractivity contribution is 6.31. The second-order valence-electron chi connectivity index (χ2n) is 5.35. The fourth-order valence-electron chi connectivity index (χ4n) is 2.30. The van der Waals surface area contributed by atoms with Gasteiger partial charge in [-0.15, -0.1) is 0 Å². The first-order chi connectivity index (χ1) is 10.9. The first kappa shape index (κ1) is 15.3. The first-order valence-corrected chi connectivity index (χ1v) is 7.40. The normalized spacial score (nSPS) is 11.9. The Morgan fingerprint density at radius 3 is 2.78 bits per heavy atom. The lowest BCUT2D eigenvalue weighted by Crippen LogP contribution is -2.06. The summed E-state index contributed by atoms with van der Waals surface area (Å²) in [7, 11) is 0. The number of aliphatic hydroxyl groups is 1. The molecule has 0 atom stereocenters. The molecule has 2 aromatic carbocycles. The zero-order valence-electron chi connectivity index (χ0n) is 12.6. The maximum Gasteiger partial charge on any atom is 0.362 e. The molecule has 0 saturated heterocycles. The van der Waals surface area contributed by atoms with Crippen molar-refractivity contribution in [3.8, 4) is 0 Å². The van der Waals surface area contributed by atoms with Crippen molar-refractivity contribution in [1.82, 2.24) is 4.98 Å². The van der Waals surface area contributed by atoms with Crippen molar-refractivity contribution in [3.63, 3.8) is 0 Å². The molecule has 5 heteroatoms. The smallest absolute Gasteiger partial charge is 0.362 e. The molecule has 0 bridgehead atoms. The number of aryl methyl sites for hydroxylation is 2. The second-order valence-corrected chi connectivity index (χ2v) is 5.78. The summed E-state index contributed by atoms with van der Waals surface area (Å²) in [5.74, 6) is -0.0348. The van der Waals surface area contributed by atoms with Crippen molar-refractivity contribution in [2.24, 2.45) is 0 Å². The van der Waals surface area contributed by atoms with Gasteiger partial charge in [-0.05, 0) is 43.7 Å². The molecule has 0 aliphatic rings. The number of rotatable bonds is 2. The number of hydrogen-bond donors (Lipinski definition) is 1. The number of hydrogen-bond acceptors (Lipinski definition) is 4. The Morgan fingerprint density at radius 1 is 1.22 bits per heavy atom. The largest absolute Gasteiger partial charge is 0.507 e. The first-order valence-electron chi connectivity index (χ1n) is 7.03. The van der Waals surface area contributed by atoms with E-state index >= 15 is 0 Å². The van der Waals surface area contributed by atoms with Crippen LogP contribution in [0.1, 0.15) is 22.4 Å². The lowest BCUT2D eigenvalue weighted by molar-refractivity contribution is 0.513. The van der Waals surface area contributed by atoms with E-state index in [0.717, 1.165) is 11.1 Å². The quantitative estimate of drug-likeness (QED) is 0.703. The molecule has 0 unspecified atom stereocenters.